The van der Waals surface area contributed by atoms with Gasteiger partial charge in [0.05, 0.1) is 0 Å². The van der Waals surface area contributed by atoms with Gasteiger partial charge in [-0.3, -0.25) is 0 Å². The molecule has 0 heterocycles. The van der Waals surface area contributed by atoms with E-state index in [9.17, 15) is 0 Å². The summed E-state index contributed by atoms with van der Waals surface area (Å²) < 4.78 is 10.4. The second-order valence-corrected chi connectivity index (χ2v) is 3.08. The Morgan fingerprint density at radius 3 is 2.57 bits per heavy atom. The van der Waals surface area contributed by atoms with Crippen LogP contribution < -0.4 is 5.32 Å². The average molecular weight is 195 g/mol. The monoisotopic (exact) mass is 195 g/mol. The van der Waals surface area contributed by atoms with E-state index < -0.39 is 0 Å². The molecule has 0 aromatic heterocycles. The first-order chi connectivity index (χ1) is 6.81. The highest BCUT2D eigenvalue weighted by Crippen LogP contribution is 2.18. The van der Waals surface area contributed by atoms with Gasteiger partial charge in [-0.05, 0) is 18.7 Å². The maximum absolute atomic E-state index is 5.18. The molecule has 0 saturated heterocycles. The van der Waals surface area contributed by atoms with Crippen LogP contribution in [0.25, 0.3) is 0 Å². The fourth-order valence-corrected chi connectivity index (χ4v) is 1.42. The zero-order chi connectivity index (χ0) is 10.4. The van der Waals surface area contributed by atoms with Gasteiger partial charge in [-0.15, -0.1) is 0 Å². The Bertz CT molecular complexity index is 272. The van der Waals surface area contributed by atoms with Crippen molar-refractivity contribution in [1.82, 2.24) is 5.32 Å². The third-order valence-electron chi connectivity index (χ3n) is 2.03. The summed E-state index contributed by atoms with van der Waals surface area (Å²) in [6.07, 6.45) is -0.271. The predicted molar refractivity (Wildman–Crippen MR) is 56.0 cm³/mol. The Labute approximate surface area is 85.0 Å². The lowest BCUT2D eigenvalue weighted by Crippen LogP contribution is -2.07. The summed E-state index contributed by atoms with van der Waals surface area (Å²) in [5.41, 5.74) is 2.27. The number of hydrogen-bond donors (Lipinski definition) is 1. The Morgan fingerprint density at radius 2 is 2.00 bits per heavy atom. The number of hydrogen-bond acceptors (Lipinski definition) is 3. The van der Waals surface area contributed by atoms with Crippen molar-refractivity contribution in [2.75, 3.05) is 21.3 Å². The minimum absolute atomic E-state index is 0.271. The molecule has 0 aliphatic carbocycles. The van der Waals surface area contributed by atoms with Crippen LogP contribution in [0, 0.1) is 0 Å². The molecule has 0 spiro atoms. The van der Waals surface area contributed by atoms with Crippen molar-refractivity contribution in [3.63, 3.8) is 0 Å². The van der Waals surface area contributed by atoms with Gasteiger partial charge in [0.15, 0.2) is 6.29 Å². The molecule has 0 amide bonds. The molecule has 0 saturated carbocycles. The Balaban J connectivity index is 2.81. The number of benzene rings is 1. The highest BCUT2D eigenvalue weighted by molar-refractivity contribution is 5.24. The molecule has 0 radical (unpaired) electrons. The summed E-state index contributed by atoms with van der Waals surface area (Å²) in [5.74, 6) is 0. The molecule has 0 aliphatic rings. The summed E-state index contributed by atoms with van der Waals surface area (Å²) in [6, 6.07) is 8.15. The third-order valence-corrected chi connectivity index (χ3v) is 2.03. The quantitative estimate of drug-likeness (QED) is 0.725. The van der Waals surface area contributed by atoms with E-state index in [-0.39, 0.29) is 6.29 Å². The second-order valence-electron chi connectivity index (χ2n) is 3.08. The SMILES string of the molecule is CNCc1cccc(C(OC)OC)c1. The van der Waals surface area contributed by atoms with Gasteiger partial charge in [-0.1, -0.05) is 18.2 Å². The normalized spacial score (nSPS) is 10.9. The summed E-state index contributed by atoms with van der Waals surface area (Å²) in [5, 5.41) is 3.10. The van der Waals surface area contributed by atoms with Crippen molar-refractivity contribution in [3.8, 4) is 0 Å². The van der Waals surface area contributed by atoms with Gasteiger partial charge in [-0.2, -0.15) is 0 Å². The maximum Gasteiger partial charge on any atom is 0.183 e. The van der Waals surface area contributed by atoms with Crippen LogP contribution in [0.2, 0.25) is 0 Å². The zero-order valence-corrected chi connectivity index (χ0v) is 8.91. The van der Waals surface area contributed by atoms with Crippen LogP contribution in [0.3, 0.4) is 0 Å². The van der Waals surface area contributed by atoms with Crippen molar-refractivity contribution in [2.45, 2.75) is 12.8 Å². The molecule has 0 unspecified atom stereocenters. The molecule has 1 aromatic carbocycles. The van der Waals surface area contributed by atoms with Gasteiger partial charge < -0.3 is 14.8 Å². The first kappa shape index (κ1) is 11.2. The molecule has 1 aromatic rings. The van der Waals surface area contributed by atoms with Crippen LogP contribution in [0.5, 0.6) is 0 Å². The lowest BCUT2D eigenvalue weighted by molar-refractivity contribution is -0.106. The van der Waals surface area contributed by atoms with Crippen molar-refractivity contribution in [3.05, 3.63) is 35.4 Å². The van der Waals surface area contributed by atoms with Crippen LogP contribution in [-0.4, -0.2) is 21.3 Å². The van der Waals surface area contributed by atoms with E-state index >= 15 is 0 Å². The predicted octanol–water partition coefficient (Wildman–Crippen LogP) is 1.70. The molecule has 1 N–H and O–H groups in total. The van der Waals surface area contributed by atoms with Crippen molar-refractivity contribution >= 4 is 0 Å². The highest BCUT2D eigenvalue weighted by atomic mass is 16.7. The molecule has 0 aliphatic heterocycles. The standard InChI is InChI=1S/C11H17NO2/c1-12-8-9-5-4-6-10(7-9)11(13-2)14-3/h4-7,11-12H,8H2,1-3H3. The van der Waals surface area contributed by atoms with Gasteiger partial charge in [0.2, 0.25) is 0 Å². The average Bonchev–Trinajstić information content (AvgIpc) is 2.21. The maximum atomic E-state index is 5.18. The number of rotatable bonds is 5. The van der Waals surface area contributed by atoms with Crippen LogP contribution in [-0.2, 0) is 16.0 Å². The fourth-order valence-electron chi connectivity index (χ4n) is 1.42. The molecule has 14 heavy (non-hydrogen) atoms. The summed E-state index contributed by atoms with van der Waals surface area (Å²) >= 11 is 0. The molecule has 1 rings (SSSR count). The Morgan fingerprint density at radius 1 is 1.29 bits per heavy atom. The van der Waals surface area contributed by atoms with Crippen LogP contribution in [0.1, 0.15) is 17.4 Å². The van der Waals surface area contributed by atoms with Crippen LogP contribution in [0.15, 0.2) is 24.3 Å². The molecular formula is C11H17NO2. The largest absolute Gasteiger partial charge is 0.352 e. The van der Waals surface area contributed by atoms with Crippen molar-refractivity contribution in [2.24, 2.45) is 0 Å². The van der Waals surface area contributed by atoms with Gasteiger partial charge >= 0.3 is 0 Å². The van der Waals surface area contributed by atoms with E-state index in [0.29, 0.717) is 0 Å². The molecular weight excluding hydrogens is 178 g/mol. The van der Waals surface area contributed by atoms with E-state index in [1.807, 2.05) is 19.2 Å². The van der Waals surface area contributed by atoms with Crippen LogP contribution >= 0.6 is 0 Å². The summed E-state index contributed by atoms with van der Waals surface area (Å²) in [7, 11) is 5.20. The number of ether oxygens (including phenoxy) is 2. The molecule has 3 heteroatoms. The van der Waals surface area contributed by atoms with E-state index in [1.165, 1.54) is 5.56 Å². The van der Waals surface area contributed by atoms with Gasteiger partial charge in [-0.25, -0.2) is 0 Å². The van der Waals surface area contributed by atoms with E-state index in [0.717, 1.165) is 12.1 Å². The van der Waals surface area contributed by atoms with Gasteiger partial charge in [0.25, 0.3) is 0 Å². The smallest absolute Gasteiger partial charge is 0.183 e. The minimum atomic E-state index is -0.271. The highest BCUT2D eigenvalue weighted by Gasteiger charge is 2.08. The Hall–Kier alpha value is -0.900. The fraction of sp³-hybridized carbons (Fsp3) is 0.455. The molecule has 3 nitrogen and oxygen atoms in total. The molecule has 78 valence electrons. The lowest BCUT2D eigenvalue weighted by atomic mass is 10.1. The van der Waals surface area contributed by atoms with Crippen molar-refractivity contribution in [1.29, 1.82) is 0 Å². The van der Waals surface area contributed by atoms with Crippen LogP contribution in [0.4, 0.5) is 0 Å². The number of methoxy groups -OCH3 is 2. The lowest BCUT2D eigenvalue weighted by Gasteiger charge is -2.14. The summed E-state index contributed by atoms with van der Waals surface area (Å²) in [6.45, 7) is 0.855. The second kappa shape index (κ2) is 5.75. The third kappa shape index (κ3) is 2.80. The van der Waals surface area contributed by atoms with Crippen molar-refractivity contribution < 1.29 is 9.47 Å². The van der Waals surface area contributed by atoms with E-state index in [4.69, 9.17) is 9.47 Å². The number of nitrogens with one attached hydrogen (secondary N) is 1. The first-order valence-electron chi connectivity index (χ1n) is 4.61. The van der Waals surface area contributed by atoms with Gasteiger partial charge in [0, 0.05) is 26.3 Å². The van der Waals surface area contributed by atoms with Gasteiger partial charge in [0.1, 0.15) is 0 Å². The van der Waals surface area contributed by atoms with E-state index in [2.05, 4.69) is 17.4 Å². The summed E-state index contributed by atoms with van der Waals surface area (Å²) in [4.78, 5) is 0. The van der Waals surface area contributed by atoms with E-state index in [1.54, 1.807) is 14.2 Å². The first-order valence-corrected chi connectivity index (χ1v) is 4.61. The zero-order valence-electron chi connectivity index (χ0n) is 8.91. The molecule has 0 atom stereocenters. The topological polar surface area (TPSA) is 30.5 Å². The molecule has 0 fully saturated rings. The molecule has 0 bridgehead atoms. The Kier molecular flexibility index (Phi) is 4.59. The minimum Gasteiger partial charge on any atom is -0.352 e.